The summed E-state index contributed by atoms with van der Waals surface area (Å²) < 4.78 is 17.1. The van der Waals surface area contributed by atoms with Crippen molar-refractivity contribution < 1.29 is 4.39 Å². The molecule has 0 aliphatic carbocycles. The minimum absolute atomic E-state index is 0.308. The topological polar surface area (TPSA) is 70.3 Å². The summed E-state index contributed by atoms with van der Waals surface area (Å²) in [4.78, 5) is 12.2. The van der Waals surface area contributed by atoms with Gasteiger partial charge in [-0.2, -0.15) is 5.26 Å². The van der Waals surface area contributed by atoms with Gasteiger partial charge in [0, 0.05) is 40.8 Å². The molecule has 0 atom stereocenters. The van der Waals surface area contributed by atoms with Gasteiger partial charge in [-0.05, 0) is 59.3 Å². The van der Waals surface area contributed by atoms with E-state index in [0.717, 1.165) is 50.6 Å². The molecule has 0 spiro atoms. The van der Waals surface area contributed by atoms with Crippen LogP contribution < -0.4 is 0 Å². The average Bonchev–Trinajstić information content (AvgIpc) is 3.49. The minimum Gasteiger partial charge on any atom is -0.361 e. The maximum absolute atomic E-state index is 15.1. The molecule has 0 unspecified atom stereocenters. The summed E-state index contributed by atoms with van der Waals surface area (Å²) >= 11 is 0. The second kappa shape index (κ2) is 7.57. The van der Waals surface area contributed by atoms with Crippen molar-refractivity contribution in [2.24, 2.45) is 0 Å². The Hall–Kier alpha value is -4.50. The number of halogens is 1. The number of pyridine rings is 1. The molecule has 0 fully saturated rings. The molecule has 3 aromatic heterocycles. The fourth-order valence-corrected chi connectivity index (χ4v) is 4.38. The van der Waals surface area contributed by atoms with Gasteiger partial charge in [-0.3, -0.25) is 9.55 Å². The molecule has 6 heteroatoms. The molecule has 3 heterocycles. The van der Waals surface area contributed by atoms with E-state index in [1.807, 2.05) is 65.4 Å². The summed E-state index contributed by atoms with van der Waals surface area (Å²) in [6.45, 7) is 0. The molecule has 0 saturated heterocycles. The van der Waals surface area contributed by atoms with Crippen molar-refractivity contribution in [3.05, 3.63) is 90.8 Å². The Morgan fingerprint density at radius 1 is 0.970 bits per heavy atom. The van der Waals surface area contributed by atoms with Crippen molar-refractivity contribution in [1.29, 1.82) is 5.26 Å². The number of aryl methyl sites for hydroxylation is 1. The predicted octanol–water partition coefficient (Wildman–Crippen LogP) is 6.32. The molecule has 0 amide bonds. The summed E-state index contributed by atoms with van der Waals surface area (Å²) in [6, 6.07) is 21.5. The Kier molecular flexibility index (Phi) is 4.41. The van der Waals surface area contributed by atoms with E-state index in [2.05, 4.69) is 21.0 Å². The lowest BCUT2D eigenvalue weighted by molar-refractivity contribution is 0.633. The van der Waals surface area contributed by atoms with Gasteiger partial charge in [-0.1, -0.05) is 18.2 Å². The molecular weight excluding hydrogens is 413 g/mol. The normalized spacial score (nSPS) is 11.4. The monoisotopic (exact) mass is 431 g/mol. The molecule has 158 valence electrons. The Morgan fingerprint density at radius 2 is 1.85 bits per heavy atom. The summed E-state index contributed by atoms with van der Waals surface area (Å²) in [7, 11) is 0. The largest absolute Gasteiger partial charge is 0.361 e. The van der Waals surface area contributed by atoms with Crippen LogP contribution in [0.3, 0.4) is 0 Å². The van der Waals surface area contributed by atoms with Crippen LogP contribution in [0, 0.1) is 17.1 Å². The van der Waals surface area contributed by atoms with Crippen molar-refractivity contribution >= 4 is 32.8 Å². The number of hydrogen-bond acceptors (Lipinski definition) is 3. The second-order valence-corrected chi connectivity index (χ2v) is 8.06. The maximum Gasteiger partial charge on any atom is 0.133 e. The number of nitriles is 1. The SMILES string of the molecule is N#CCCc1ccc(-n2cnc3cnc4cc(F)c(-c5ccc6[nH]ccc6c5)cc4c32)cc1. The number of aromatic nitrogens is 4. The van der Waals surface area contributed by atoms with Crippen LogP contribution in [-0.2, 0) is 6.42 Å². The lowest BCUT2D eigenvalue weighted by atomic mass is 10.0. The minimum atomic E-state index is -0.308. The van der Waals surface area contributed by atoms with Gasteiger partial charge in [0.1, 0.15) is 17.7 Å². The first-order valence-corrected chi connectivity index (χ1v) is 10.7. The van der Waals surface area contributed by atoms with Crippen molar-refractivity contribution in [2.75, 3.05) is 0 Å². The highest BCUT2D eigenvalue weighted by Gasteiger charge is 2.15. The standard InChI is InChI=1S/C27H18FN5/c28-23-14-25-22(13-21(23)18-5-8-24-19(12-18)9-11-30-24)27-26(15-31-25)32-16-33(27)20-6-3-17(4-7-20)2-1-10-29/h3-9,11-16,30H,1-2H2. The Labute approximate surface area is 188 Å². The maximum atomic E-state index is 15.1. The highest BCUT2D eigenvalue weighted by Crippen LogP contribution is 2.33. The van der Waals surface area contributed by atoms with E-state index in [9.17, 15) is 0 Å². The quantitative estimate of drug-likeness (QED) is 0.355. The third kappa shape index (κ3) is 3.22. The highest BCUT2D eigenvalue weighted by atomic mass is 19.1. The molecule has 0 aliphatic rings. The lowest BCUT2D eigenvalue weighted by Gasteiger charge is -2.10. The number of fused-ring (bicyclic) bond motifs is 4. The number of rotatable bonds is 4. The van der Waals surface area contributed by atoms with Crippen molar-refractivity contribution in [2.45, 2.75) is 12.8 Å². The molecule has 6 aromatic rings. The molecule has 0 bridgehead atoms. The number of benzene rings is 3. The molecule has 1 N–H and O–H groups in total. The van der Waals surface area contributed by atoms with E-state index >= 15 is 4.39 Å². The van der Waals surface area contributed by atoms with Crippen LogP contribution in [0.4, 0.5) is 4.39 Å². The molecule has 0 saturated carbocycles. The van der Waals surface area contributed by atoms with Gasteiger partial charge in [-0.25, -0.2) is 9.37 Å². The van der Waals surface area contributed by atoms with Gasteiger partial charge >= 0.3 is 0 Å². The number of nitrogens with one attached hydrogen (secondary N) is 1. The van der Waals surface area contributed by atoms with Crippen LogP contribution in [0.2, 0.25) is 0 Å². The number of H-pyrrole nitrogens is 1. The van der Waals surface area contributed by atoms with Gasteiger partial charge in [0.15, 0.2) is 0 Å². The van der Waals surface area contributed by atoms with E-state index in [4.69, 9.17) is 5.26 Å². The fourth-order valence-electron chi connectivity index (χ4n) is 4.38. The van der Waals surface area contributed by atoms with E-state index in [1.165, 1.54) is 6.07 Å². The van der Waals surface area contributed by atoms with Crippen molar-refractivity contribution in [3.63, 3.8) is 0 Å². The number of hydrogen-bond donors (Lipinski definition) is 1. The van der Waals surface area contributed by atoms with E-state index in [-0.39, 0.29) is 5.82 Å². The lowest BCUT2D eigenvalue weighted by Crippen LogP contribution is -1.95. The van der Waals surface area contributed by atoms with Gasteiger partial charge in [0.05, 0.1) is 23.3 Å². The van der Waals surface area contributed by atoms with Gasteiger partial charge < -0.3 is 4.98 Å². The molecular formula is C27H18FN5. The number of aromatic amines is 1. The van der Waals surface area contributed by atoms with Gasteiger partial charge in [0.2, 0.25) is 0 Å². The van der Waals surface area contributed by atoms with Crippen LogP contribution in [-0.4, -0.2) is 19.5 Å². The van der Waals surface area contributed by atoms with E-state index in [1.54, 1.807) is 12.5 Å². The molecule has 0 radical (unpaired) electrons. The number of nitrogens with zero attached hydrogens (tertiary/aromatic N) is 4. The van der Waals surface area contributed by atoms with E-state index in [0.29, 0.717) is 17.5 Å². The molecule has 0 aliphatic heterocycles. The van der Waals surface area contributed by atoms with Crippen molar-refractivity contribution in [3.8, 4) is 22.9 Å². The average molecular weight is 431 g/mol. The van der Waals surface area contributed by atoms with Gasteiger partial charge in [-0.15, -0.1) is 0 Å². The smallest absolute Gasteiger partial charge is 0.133 e. The first-order chi connectivity index (χ1) is 16.2. The summed E-state index contributed by atoms with van der Waals surface area (Å²) in [5, 5.41) is 10.7. The Bertz CT molecular complexity index is 1690. The molecule has 5 nitrogen and oxygen atoms in total. The van der Waals surface area contributed by atoms with Crippen molar-refractivity contribution in [1.82, 2.24) is 19.5 Å². The highest BCUT2D eigenvalue weighted by molar-refractivity contribution is 6.04. The summed E-state index contributed by atoms with van der Waals surface area (Å²) in [5.41, 5.74) is 6.62. The Balaban J connectivity index is 1.53. The summed E-state index contributed by atoms with van der Waals surface area (Å²) in [6.07, 6.45) is 6.54. The summed E-state index contributed by atoms with van der Waals surface area (Å²) in [5.74, 6) is -0.308. The number of imidazole rings is 1. The van der Waals surface area contributed by atoms with Crippen LogP contribution in [0.15, 0.2) is 79.4 Å². The van der Waals surface area contributed by atoms with Crippen LogP contribution in [0.25, 0.3) is 49.7 Å². The van der Waals surface area contributed by atoms with E-state index < -0.39 is 0 Å². The zero-order chi connectivity index (χ0) is 22.4. The molecule has 6 rings (SSSR count). The Morgan fingerprint density at radius 3 is 2.70 bits per heavy atom. The first-order valence-electron chi connectivity index (χ1n) is 10.7. The van der Waals surface area contributed by atoms with Crippen LogP contribution >= 0.6 is 0 Å². The third-order valence-electron chi connectivity index (χ3n) is 6.07. The second-order valence-electron chi connectivity index (χ2n) is 8.06. The fraction of sp³-hybridized carbons (Fsp3) is 0.0741. The first kappa shape index (κ1) is 19.2. The molecule has 3 aromatic carbocycles. The zero-order valence-corrected chi connectivity index (χ0v) is 17.6. The predicted molar refractivity (Wildman–Crippen MR) is 128 cm³/mol. The van der Waals surface area contributed by atoms with Crippen LogP contribution in [0.1, 0.15) is 12.0 Å². The molecule has 33 heavy (non-hydrogen) atoms. The zero-order valence-electron chi connectivity index (χ0n) is 17.6. The van der Waals surface area contributed by atoms with Gasteiger partial charge in [0.25, 0.3) is 0 Å². The van der Waals surface area contributed by atoms with Crippen LogP contribution in [0.5, 0.6) is 0 Å². The third-order valence-corrected chi connectivity index (χ3v) is 6.07.